The van der Waals surface area contributed by atoms with E-state index in [1.165, 1.54) is 0 Å². The molecule has 0 bridgehead atoms. The van der Waals surface area contributed by atoms with Crippen molar-refractivity contribution in [1.29, 1.82) is 0 Å². The van der Waals surface area contributed by atoms with Gasteiger partial charge in [-0.25, -0.2) is 4.79 Å². The van der Waals surface area contributed by atoms with Gasteiger partial charge >= 0.3 is 5.97 Å². The largest absolute Gasteiger partial charge is 0.469 e. The molecule has 0 saturated carbocycles. The van der Waals surface area contributed by atoms with E-state index in [0.717, 1.165) is 0 Å². The molecule has 1 aromatic rings. The maximum absolute atomic E-state index is 11.6. The minimum Gasteiger partial charge on any atom is -0.469 e. The van der Waals surface area contributed by atoms with E-state index in [1.807, 2.05) is 30.3 Å². The molecule has 1 aliphatic heterocycles. The summed E-state index contributed by atoms with van der Waals surface area (Å²) in [4.78, 5) is 11.6. The molecular weight excluding hydrogens is 220 g/mol. The highest BCUT2D eigenvalue weighted by Crippen LogP contribution is 2.16. The minimum atomic E-state index is -0.531. The normalized spacial score (nSPS) is 18.2. The van der Waals surface area contributed by atoms with Crippen molar-refractivity contribution in [1.82, 2.24) is 10.9 Å². The molecule has 0 saturated heterocycles. The summed E-state index contributed by atoms with van der Waals surface area (Å²) in [5, 5.41) is 0. The molecule has 1 aliphatic rings. The number of hydrogen-bond donors (Lipinski definition) is 2. The molecular formula is C12H14N2O3. The van der Waals surface area contributed by atoms with Crippen molar-refractivity contribution in [2.24, 2.45) is 0 Å². The quantitative estimate of drug-likeness (QED) is 0.759. The van der Waals surface area contributed by atoms with Crippen LogP contribution >= 0.6 is 0 Å². The Morgan fingerprint density at radius 2 is 2.12 bits per heavy atom. The van der Waals surface area contributed by atoms with Gasteiger partial charge in [-0.15, -0.1) is 0 Å². The van der Waals surface area contributed by atoms with E-state index in [-0.39, 0.29) is 5.97 Å². The SMILES string of the molecule is CCOC(=O)C1=CNNC1Oc1ccccc1. The molecule has 0 amide bonds. The number of benzene rings is 1. The molecule has 17 heavy (non-hydrogen) atoms. The van der Waals surface area contributed by atoms with Crippen molar-refractivity contribution >= 4 is 5.97 Å². The molecule has 1 aromatic carbocycles. The van der Waals surface area contributed by atoms with E-state index in [0.29, 0.717) is 17.9 Å². The zero-order chi connectivity index (χ0) is 12.1. The second kappa shape index (κ2) is 5.36. The molecule has 0 spiro atoms. The summed E-state index contributed by atoms with van der Waals surface area (Å²) in [7, 11) is 0. The fraction of sp³-hybridized carbons (Fsp3) is 0.250. The molecule has 5 heteroatoms. The number of para-hydroxylation sites is 1. The highest BCUT2D eigenvalue weighted by Gasteiger charge is 2.27. The summed E-state index contributed by atoms with van der Waals surface area (Å²) in [6.07, 6.45) is 1.02. The molecule has 0 radical (unpaired) electrons. The Morgan fingerprint density at radius 1 is 1.35 bits per heavy atom. The van der Waals surface area contributed by atoms with Crippen LogP contribution in [-0.2, 0) is 9.53 Å². The summed E-state index contributed by atoms with van der Waals surface area (Å²) in [6.45, 7) is 2.11. The van der Waals surface area contributed by atoms with E-state index < -0.39 is 6.23 Å². The maximum atomic E-state index is 11.6. The summed E-state index contributed by atoms with van der Waals surface area (Å²) >= 11 is 0. The van der Waals surface area contributed by atoms with Gasteiger partial charge in [-0.05, 0) is 19.1 Å². The molecule has 2 rings (SSSR count). The van der Waals surface area contributed by atoms with Gasteiger partial charge in [-0.1, -0.05) is 18.2 Å². The first-order valence-electron chi connectivity index (χ1n) is 5.41. The summed E-state index contributed by atoms with van der Waals surface area (Å²) < 4.78 is 10.5. The van der Waals surface area contributed by atoms with Crippen LogP contribution in [0.2, 0.25) is 0 Å². The highest BCUT2D eigenvalue weighted by molar-refractivity contribution is 5.89. The van der Waals surface area contributed by atoms with Crippen LogP contribution in [0.5, 0.6) is 5.75 Å². The third kappa shape index (κ3) is 2.76. The van der Waals surface area contributed by atoms with Crippen molar-refractivity contribution in [3.63, 3.8) is 0 Å². The summed E-state index contributed by atoms with van der Waals surface area (Å²) in [6, 6.07) is 9.28. The second-order valence-electron chi connectivity index (χ2n) is 3.42. The molecule has 0 aromatic heterocycles. The zero-order valence-electron chi connectivity index (χ0n) is 9.47. The van der Waals surface area contributed by atoms with Crippen LogP contribution in [0.4, 0.5) is 0 Å². The lowest BCUT2D eigenvalue weighted by Gasteiger charge is -2.15. The van der Waals surface area contributed by atoms with E-state index in [2.05, 4.69) is 10.9 Å². The standard InChI is InChI=1S/C12H14N2O3/c1-2-16-12(15)10-8-13-14-11(10)17-9-6-4-3-5-7-9/h3-8,11,13-14H,2H2,1H3. The number of esters is 1. The van der Waals surface area contributed by atoms with E-state index in [4.69, 9.17) is 9.47 Å². The second-order valence-corrected chi connectivity index (χ2v) is 3.42. The highest BCUT2D eigenvalue weighted by atomic mass is 16.5. The van der Waals surface area contributed by atoms with Gasteiger partial charge < -0.3 is 14.9 Å². The van der Waals surface area contributed by atoms with Crippen LogP contribution < -0.4 is 15.6 Å². The van der Waals surface area contributed by atoms with Crippen LogP contribution in [0.25, 0.3) is 0 Å². The van der Waals surface area contributed by atoms with Gasteiger partial charge in [0.15, 0.2) is 0 Å². The Labute approximate surface area is 99.4 Å². The fourth-order valence-corrected chi connectivity index (χ4v) is 1.46. The van der Waals surface area contributed by atoms with Gasteiger partial charge in [-0.3, -0.25) is 0 Å². The minimum absolute atomic E-state index is 0.341. The molecule has 5 nitrogen and oxygen atoms in total. The van der Waals surface area contributed by atoms with Crippen molar-refractivity contribution in [2.45, 2.75) is 13.2 Å². The average molecular weight is 234 g/mol. The smallest absolute Gasteiger partial charge is 0.340 e. The number of carbonyl (C=O) groups is 1. The fourth-order valence-electron chi connectivity index (χ4n) is 1.46. The molecule has 1 heterocycles. The Balaban J connectivity index is 2.02. The topological polar surface area (TPSA) is 59.6 Å². The monoisotopic (exact) mass is 234 g/mol. The van der Waals surface area contributed by atoms with Crippen molar-refractivity contribution < 1.29 is 14.3 Å². The lowest BCUT2D eigenvalue weighted by atomic mass is 10.2. The number of hydrazine groups is 1. The lowest BCUT2D eigenvalue weighted by molar-refractivity contribution is -0.139. The lowest BCUT2D eigenvalue weighted by Crippen LogP contribution is -2.38. The van der Waals surface area contributed by atoms with E-state index >= 15 is 0 Å². The molecule has 1 unspecified atom stereocenters. The Morgan fingerprint density at radius 3 is 2.82 bits per heavy atom. The van der Waals surface area contributed by atoms with E-state index in [9.17, 15) is 4.79 Å². The molecule has 1 atom stereocenters. The number of hydrogen-bond acceptors (Lipinski definition) is 5. The molecule has 0 aliphatic carbocycles. The van der Waals surface area contributed by atoms with Crippen molar-refractivity contribution in [3.8, 4) is 5.75 Å². The van der Waals surface area contributed by atoms with Crippen LogP contribution in [0.1, 0.15) is 6.92 Å². The number of carbonyl (C=O) groups excluding carboxylic acids is 1. The maximum Gasteiger partial charge on any atom is 0.340 e. The molecule has 2 N–H and O–H groups in total. The predicted molar refractivity (Wildman–Crippen MR) is 61.8 cm³/mol. The van der Waals surface area contributed by atoms with Crippen LogP contribution in [-0.4, -0.2) is 18.8 Å². The first-order valence-corrected chi connectivity index (χ1v) is 5.41. The first-order chi connectivity index (χ1) is 8.31. The number of ether oxygens (including phenoxy) is 2. The van der Waals surface area contributed by atoms with Crippen molar-refractivity contribution in [3.05, 3.63) is 42.1 Å². The van der Waals surface area contributed by atoms with Crippen LogP contribution in [0.3, 0.4) is 0 Å². The van der Waals surface area contributed by atoms with Gasteiger partial charge in [0.1, 0.15) is 11.3 Å². The predicted octanol–water partition coefficient (Wildman–Crippen LogP) is 0.946. The Kier molecular flexibility index (Phi) is 3.62. The van der Waals surface area contributed by atoms with E-state index in [1.54, 1.807) is 13.1 Å². The van der Waals surface area contributed by atoms with Crippen LogP contribution in [0, 0.1) is 0 Å². The van der Waals surface area contributed by atoms with Crippen LogP contribution in [0.15, 0.2) is 42.1 Å². The van der Waals surface area contributed by atoms with Gasteiger partial charge in [0.2, 0.25) is 6.23 Å². The van der Waals surface area contributed by atoms with Gasteiger partial charge in [0.25, 0.3) is 0 Å². The first kappa shape index (κ1) is 11.5. The molecule has 90 valence electrons. The molecule has 0 fully saturated rings. The number of rotatable bonds is 4. The third-order valence-electron chi connectivity index (χ3n) is 2.23. The Hall–Kier alpha value is -2.01. The van der Waals surface area contributed by atoms with Gasteiger partial charge in [0.05, 0.1) is 6.61 Å². The summed E-state index contributed by atoms with van der Waals surface area (Å²) in [5.41, 5.74) is 6.00. The average Bonchev–Trinajstić information content (AvgIpc) is 2.79. The third-order valence-corrected chi connectivity index (χ3v) is 2.23. The zero-order valence-corrected chi connectivity index (χ0v) is 9.47. The van der Waals surface area contributed by atoms with Gasteiger partial charge in [-0.2, -0.15) is 5.43 Å². The number of nitrogens with one attached hydrogen (secondary N) is 2. The Bertz CT molecular complexity index is 417. The summed E-state index contributed by atoms with van der Waals surface area (Å²) in [5.74, 6) is 0.301. The van der Waals surface area contributed by atoms with Gasteiger partial charge in [0, 0.05) is 6.20 Å². The van der Waals surface area contributed by atoms with Crippen molar-refractivity contribution in [2.75, 3.05) is 6.61 Å².